The highest BCUT2D eigenvalue weighted by atomic mass is 79.9. The number of amides is 1. The summed E-state index contributed by atoms with van der Waals surface area (Å²) in [6.45, 7) is 3.90. The number of halogens is 4. The molecular formula is C23H22BrF3N6O. The number of nitrogens with one attached hydrogen (secondary N) is 2. The predicted molar refractivity (Wildman–Crippen MR) is 129 cm³/mol. The van der Waals surface area contributed by atoms with Gasteiger partial charge in [0.15, 0.2) is 5.82 Å². The summed E-state index contributed by atoms with van der Waals surface area (Å²) in [4.78, 5) is 26.7. The van der Waals surface area contributed by atoms with Crippen LogP contribution >= 0.6 is 15.9 Å². The average molecular weight is 535 g/mol. The maximum atomic E-state index is 13.0. The lowest BCUT2D eigenvalue weighted by Crippen LogP contribution is -2.34. The number of allylic oxidation sites excluding steroid dienone is 1. The van der Waals surface area contributed by atoms with Crippen molar-refractivity contribution in [2.45, 2.75) is 20.0 Å². The Morgan fingerprint density at radius 1 is 1.21 bits per heavy atom. The van der Waals surface area contributed by atoms with E-state index in [1.54, 1.807) is 32.2 Å². The number of benzene rings is 1. The van der Waals surface area contributed by atoms with E-state index in [-0.39, 0.29) is 11.4 Å². The SMILES string of the molecule is Cc1cc(-c2ncc3nc(C(F)(F)F)cc(C)c3n2)ccc1N(C)C(=O)/C(=C/C=N)NCCBr. The number of anilines is 1. The first-order chi connectivity index (χ1) is 16.1. The Morgan fingerprint density at radius 3 is 2.56 bits per heavy atom. The summed E-state index contributed by atoms with van der Waals surface area (Å²) < 4.78 is 39.1. The lowest BCUT2D eigenvalue weighted by Gasteiger charge is -2.22. The fourth-order valence-corrected chi connectivity index (χ4v) is 3.60. The van der Waals surface area contributed by atoms with Crippen molar-refractivity contribution in [3.63, 3.8) is 0 Å². The highest BCUT2D eigenvalue weighted by Crippen LogP contribution is 2.31. The molecule has 178 valence electrons. The third-order valence-electron chi connectivity index (χ3n) is 5.04. The van der Waals surface area contributed by atoms with Crippen LogP contribution in [-0.2, 0) is 11.0 Å². The second-order valence-corrected chi connectivity index (χ2v) is 8.27. The molecule has 0 aliphatic carbocycles. The van der Waals surface area contributed by atoms with E-state index in [1.165, 1.54) is 17.2 Å². The maximum absolute atomic E-state index is 13.0. The zero-order valence-electron chi connectivity index (χ0n) is 18.7. The summed E-state index contributed by atoms with van der Waals surface area (Å²) in [5, 5.41) is 10.9. The van der Waals surface area contributed by atoms with Crippen LogP contribution < -0.4 is 10.2 Å². The fraction of sp³-hybridized carbons (Fsp3) is 0.261. The Labute approximate surface area is 202 Å². The number of hydrogen-bond donors (Lipinski definition) is 2. The molecule has 2 aromatic heterocycles. The Hall–Kier alpha value is -3.34. The van der Waals surface area contributed by atoms with Gasteiger partial charge < -0.3 is 15.6 Å². The summed E-state index contributed by atoms with van der Waals surface area (Å²) in [6, 6.07) is 6.27. The summed E-state index contributed by atoms with van der Waals surface area (Å²) in [5.41, 5.74) is 2.13. The molecule has 0 atom stereocenters. The molecule has 0 radical (unpaired) electrons. The summed E-state index contributed by atoms with van der Waals surface area (Å²) in [5.74, 6) is 0.0357. The molecular weight excluding hydrogens is 513 g/mol. The molecule has 2 heterocycles. The van der Waals surface area contributed by atoms with Crippen molar-refractivity contribution >= 4 is 44.8 Å². The molecule has 3 aromatic rings. The number of alkyl halides is 4. The molecule has 0 bridgehead atoms. The van der Waals surface area contributed by atoms with E-state index in [0.29, 0.717) is 45.7 Å². The summed E-state index contributed by atoms with van der Waals surface area (Å²) in [7, 11) is 1.64. The minimum atomic E-state index is -4.55. The second kappa shape index (κ2) is 10.3. The Kier molecular flexibility index (Phi) is 7.65. The first-order valence-electron chi connectivity index (χ1n) is 10.2. The van der Waals surface area contributed by atoms with Crippen molar-refractivity contribution in [2.75, 3.05) is 23.8 Å². The maximum Gasteiger partial charge on any atom is 0.433 e. The van der Waals surface area contributed by atoms with Gasteiger partial charge in [-0.3, -0.25) is 4.79 Å². The lowest BCUT2D eigenvalue weighted by atomic mass is 10.1. The van der Waals surface area contributed by atoms with E-state index in [2.05, 4.69) is 36.2 Å². The van der Waals surface area contributed by atoms with Crippen LogP contribution in [0.3, 0.4) is 0 Å². The molecule has 0 saturated carbocycles. The van der Waals surface area contributed by atoms with Crippen molar-refractivity contribution in [1.82, 2.24) is 20.3 Å². The zero-order valence-corrected chi connectivity index (χ0v) is 20.3. The van der Waals surface area contributed by atoms with Crippen molar-refractivity contribution in [1.29, 1.82) is 5.41 Å². The number of nitrogens with zero attached hydrogens (tertiary/aromatic N) is 4. The van der Waals surface area contributed by atoms with E-state index in [4.69, 9.17) is 5.41 Å². The number of likely N-dealkylation sites (N-methyl/N-ethyl adjacent to an activating group) is 1. The smallest absolute Gasteiger partial charge is 0.380 e. The number of aryl methyl sites for hydroxylation is 2. The lowest BCUT2D eigenvalue weighted by molar-refractivity contribution is -0.141. The van der Waals surface area contributed by atoms with Crippen molar-refractivity contribution in [3.05, 3.63) is 59.1 Å². The van der Waals surface area contributed by atoms with E-state index in [1.807, 2.05) is 6.92 Å². The minimum Gasteiger partial charge on any atom is -0.380 e. The normalized spacial score (nSPS) is 12.0. The number of hydrogen-bond acceptors (Lipinski definition) is 6. The number of carbonyl (C=O) groups excluding carboxylic acids is 1. The second-order valence-electron chi connectivity index (χ2n) is 7.48. The average Bonchev–Trinajstić information content (AvgIpc) is 2.80. The first kappa shape index (κ1) is 25.3. The molecule has 0 unspecified atom stereocenters. The van der Waals surface area contributed by atoms with Crippen LogP contribution in [0, 0.1) is 19.3 Å². The third kappa shape index (κ3) is 5.41. The first-order valence-corrected chi connectivity index (χ1v) is 11.3. The largest absolute Gasteiger partial charge is 0.433 e. The number of aromatic nitrogens is 3. The van der Waals surface area contributed by atoms with Crippen LogP contribution in [0.2, 0.25) is 0 Å². The van der Waals surface area contributed by atoms with Gasteiger partial charge in [-0.1, -0.05) is 15.9 Å². The van der Waals surface area contributed by atoms with Gasteiger partial charge in [-0.05, 0) is 55.3 Å². The minimum absolute atomic E-state index is 0.0660. The zero-order chi connectivity index (χ0) is 25.0. The quantitative estimate of drug-likeness (QED) is 0.257. The van der Waals surface area contributed by atoms with E-state index >= 15 is 0 Å². The molecule has 11 heteroatoms. The van der Waals surface area contributed by atoms with Crippen molar-refractivity contribution < 1.29 is 18.0 Å². The number of rotatable bonds is 7. The Morgan fingerprint density at radius 2 is 1.94 bits per heavy atom. The van der Waals surface area contributed by atoms with Gasteiger partial charge in [-0.25, -0.2) is 15.0 Å². The van der Waals surface area contributed by atoms with Crippen LogP contribution in [0.25, 0.3) is 22.4 Å². The molecule has 0 saturated heterocycles. The van der Waals surface area contributed by atoms with E-state index < -0.39 is 11.9 Å². The predicted octanol–water partition coefficient (Wildman–Crippen LogP) is 4.81. The molecule has 2 N–H and O–H groups in total. The molecule has 7 nitrogen and oxygen atoms in total. The Bertz CT molecular complexity index is 1280. The molecule has 3 rings (SSSR count). The highest BCUT2D eigenvalue weighted by molar-refractivity contribution is 9.09. The number of carbonyl (C=O) groups is 1. The van der Waals surface area contributed by atoms with Gasteiger partial charge in [0, 0.05) is 36.4 Å². The number of pyridine rings is 1. The van der Waals surface area contributed by atoms with Crippen LogP contribution in [-0.4, -0.2) is 46.0 Å². The third-order valence-corrected chi connectivity index (χ3v) is 5.44. The van der Waals surface area contributed by atoms with Crippen LogP contribution in [0.5, 0.6) is 0 Å². The molecule has 0 fully saturated rings. The summed E-state index contributed by atoms with van der Waals surface area (Å²) in [6.07, 6.45) is -0.827. The molecule has 1 amide bonds. The molecule has 1 aromatic carbocycles. The van der Waals surface area contributed by atoms with Gasteiger partial charge in [0.2, 0.25) is 0 Å². The van der Waals surface area contributed by atoms with Gasteiger partial charge in [0.1, 0.15) is 16.9 Å². The number of fused-ring (bicyclic) bond motifs is 1. The van der Waals surface area contributed by atoms with Gasteiger partial charge >= 0.3 is 6.18 Å². The van der Waals surface area contributed by atoms with Crippen molar-refractivity contribution in [2.24, 2.45) is 0 Å². The Balaban J connectivity index is 1.94. The van der Waals surface area contributed by atoms with E-state index in [0.717, 1.165) is 17.8 Å². The summed E-state index contributed by atoms with van der Waals surface area (Å²) >= 11 is 3.30. The van der Waals surface area contributed by atoms with Crippen molar-refractivity contribution in [3.8, 4) is 11.4 Å². The molecule has 34 heavy (non-hydrogen) atoms. The highest BCUT2D eigenvalue weighted by Gasteiger charge is 2.33. The van der Waals surface area contributed by atoms with Crippen LogP contribution in [0.4, 0.5) is 18.9 Å². The van der Waals surface area contributed by atoms with Gasteiger partial charge in [0.25, 0.3) is 5.91 Å². The molecule has 0 aliphatic rings. The van der Waals surface area contributed by atoms with Crippen LogP contribution in [0.1, 0.15) is 16.8 Å². The van der Waals surface area contributed by atoms with E-state index in [9.17, 15) is 18.0 Å². The van der Waals surface area contributed by atoms with Crippen LogP contribution in [0.15, 0.2) is 42.2 Å². The van der Waals surface area contributed by atoms with Gasteiger partial charge in [0.05, 0.1) is 11.7 Å². The monoisotopic (exact) mass is 534 g/mol. The standard InChI is InChI=1S/C23H22BrF3N6O/c1-13-10-15(4-5-18(13)33(3)22(34)16(6-8-28)29-9-7-24)21-30-12-17-20(32-21)14(2)11-19(31-17)23(25,26)27/h4-6,8,10-12,28-29H,7,9H2,1-3H3/b16-6-,28-8?. The topological polar surface area (TPSA) is 94.9 Å². The van der Waals surface area contributed by atoms with Gasteiger partial charge in [-0.2, -0.15) is 13.2 Å². The van der Waals surface area contributed by atoms with Gasteiger partial charge in [-0.15, -0.1) is 0 Å². The molecule has 0 spiro atoms. The fourth-order valence-electron chi connectivity index (χ4n) is 3.40. The molecule has 0 aliphatic heterocycles.